The fraction of sp³-hybridized carbons (Fsp3) is 0.632. The van der Waals surface area contributed by atoms with Gasteiger partial charge >= 0.3 is 6.09 Å². The number of amides is 1. The first-order chi connectivity index (χ1) is 11.1. The van der Waals surface area contributed by atoms with Gasteiger partial charge in [0.15, 0.2) is 0 Å². The van der Waals surface area contributed by atoms with Crippen molar-refractivity contribution in [2.75, 3.05) is 24.6 Å². The van der Waals surface area contributed by atoms with Crippen LogP contribution in [-0.4, -0.2) is 37.0 Å². The number of carbonyl (C=O) groups is 1. The number of hydrogen-bond donors (Lipinski definition) is 1. The highest BCUT2D eigenvalue weighted by molar-refractivity contribution is 5.68. The molecule has 0 aliphatic carbocycles. The molecule has 0 bridgehead atoms. The van der Waals surface area contributed by atoms with Crippen molar-refractivity contribution in [3.05, 3.63) is 29.8 Å². The number of anilines is 1. The number of benzene rings is 1. The summed E-state index contributed by atoms with van der Waals surface area (Å²) < 4.78 is 11.1. The van der Waals surface area contributed by atoms with E-state index in [9.17, 15) is 4.79 Å². The SMILES string of the molecule is C[C@@H](NC(=O)OC(C)(C)C)c1ccc(N2CCOC(C)(C)C2)cc1. The first-order valence-corrected chi connectivity index (χ1v) is 8.54. The van der Waals surface area contributed by atoms with Crippen LogP contribution in [0.3, 0.4) is 0 Å². The molecule has 1 fully saturated rings. The number of carbonyl (C=O) groups excluding carboxylic acids is 1. The molecule has 1 aromatic carbocycles. The third-order valence-electron chi connectivity index (χ3n) is 3.92. The van der Waals surface area contributed by atoms with E-state index in [1.54, 1.807) is 0 Å². The van der Waals surface area contributed by atoms with E-state index in [0.29, 0.717) is 0 Å². The summed E-state index contributed by atoms with van der Waals surface area (Å²) in [6.07, 6.45) is -0.394. The van der Waals surface area contributed by atoms with E-state index >= 15 is 0 Å². The van der Waals surface area contributed by atoms with Crippen molar-refractivity contribution in [1.29, 1.82) is 0 Å². The van der Waals surface area contributed by atoms with Gasteiger partial charge < -0.3 is 19.7 Å². The van der Waals surface area contributed by atoms with Crippen molar-refractivity contribution in [2.24, 2.45) is 0 Å². The summed E-state index contributed by atoms with van der Waals surface area (Å²) in [5.41, 5.74) is 1.62. The highest BCUT2D eigenvalue weighted by atomic mass is 16.6. The average Bonchev–Trinajstić information content (AvgIpc) is 2.44. The van der Waals surface area contributed by atoms with Gasteiger partial charge in [0.1, 0.15) is 5.60 Å². The van der Waals surface area contributed by atoms with E-state index in [1.165, 1.54) is 5.69 Å². The molecule has 1 saturated heterocycles. The molecule has 1 N–H and O–H groups in total. The maximum atomic E-state index is 11.9. The van der Waals surface area contributed by atoms with Crippen molar-refractivity contribution < 1.29 is 14.3 Å². The van der Waals surface area contributed by atoms with Crippen molar-refractivity contribution in [3.8, 4) is 0 Å². The van der Waals surface area contributed by atoms with Gasteiger partial charge in [-0.3, -0.25) is 0 Å². The highest BCUT2D eigenvalue weighted by Crippen LogP contribution is 2.24. The Morgan fingerprint density at radius 1 is 1.29 bits per heavy atom. The summed E-state index contributed by atoms with van der Waals surface area (Å²) in [6, 6.07) is 8.21. The lowest BCUT2D eigenvalue weighted by Crippen LogP contribution is -2.48. The summed E-state index contributed by atoms with van der Waals surface area (Å²) in [7, 11) is 0. The van der Waals surface area contributed by atoms with Gasteiger partial charge in [-0.1, -0.05) is 12.1 Å². The molecule has 134 valence electrons. The van der Waals surface area contributed by atoms with Gasteiger partial charge in [0.2, 0.25) is 0 Å². The van der Waals surface area contributed by atoms with Crippen LogP contribution in [0.25, 0.3) is 0 Å². The second kappa shape index (κ2) is 7.01. The van der Waals surface area contributed by atoms with Crippen LogP contribution in [0, 0.1) is 0 Å². The molecule has 5 nitrogen and oxygen atoms in total. The van der Waals surface area contributed by atoms with E-state index in [4.69, 9.17) is 9.47 Å². The Kier molecular flexibility index (Phi) is 5.43. The first-order valence-electron chi connectivity index (χ1n) is 8.54. The monoisotopic (exact) mass is 334 g/mol. The van der Waals surface area contributed by atoms with Crippen molar-refractivity contribution in [1.82, 2.24) is 5.32 Å². The Bertz CT molecular complexity index is 561. The minimum atomic E-state index is -0.489. The van der Waals surface area contributed by atoms with Crippen LogP contribution in [0.2, 0.25) is 0 Å². The molecule has 1 aliphatic heterocycles. The van der Waals surface area contributed by atoms with Crippen molar-refractivity contribution in [3.63, 3.8) is 0 Å². The highest BCUT2D eigenvalue weighted by Gasteiger charge is 2.27. The molecule has 2 rings (SSSR count). The van der Waals surface area contributed by atoms with Crippen LogP contribution >= 0.6 is 0 Å². The van der Waals surface area contributed by atoms with E-state index in [-0.39, 0.29) is 11.6 Å². The number of rotatable bonds is 3. The van der Waals surface area contributed by atoms with Gasteiger partial charge in [0.25, 0.3) is 0 Å². The maximum Gasteiger partial charge on any atom is 0.408 e. The molecule has 1 amide bonds. The van der Waals surface area contributed by atoms with Crippen LogP contribution < -0.4 is 10.2 Å². The summed E-state index contributed by atoms with van der Waals surface area (Å²) in [6.45, 7) is 14.3. The maximum absolute atomic E-state index is 11.9. The van der Waals surface area contributed by atoms with Crippen LogP contribution in [0.4, 0.5) is 10.5 Å². The Morgan fingerprint density at radius 2 is 1.92 bits per heavy atom. The molecule has 1 atom stereocenters. The zero-order valence-corrected chi connectivity index (χ0v) is 15.7. The minimum Gasteiger partial charge on any atom is -0.444 e. The van der Waals surface area contributed by atoms with Crippen molar-refractivity contribution in [2.45, 2.75) is 58.8 Å². The summed E-state index contributed by atoms with van der Waals surface area (Å²) in [5, 5.41) is 2.87. The molecule has 5 heteroatoms. The number of morpholine rings is 1. The zero-order valence-electron chi connectivity index (χ0n) is 15.7. The van der Waals surface area contributed by atoms with Crippen LogP contribution in [0.5, 0.6) is 0 Å². The molecular weight excluding hydrogens is 304 g/mol. The lowest BCUT2D eigenvalue weighted by molar-refractivity contribution is -0.0276. The number of nitrogens with one attached hydrogen (secondary N) is 1. The van der Waals surface area contributed by atoms with Gasteiger partial charge in [-0.05, 0) is 59.2 Å². The third-order valence-corrected chi connectivity index (χ3v) is 3.92. The van der Waals surface area contributed by atoms with Gasteiger partial charge in [-0.15, -0.1) is 0 Å². The third kappa shape index (κ3) is 5.41. The topological polar surface area (TPSA) is 50.8 Å². The number of ether oxygens (including phenoxy) is 2. The minimum absolute atomic E-state index is 0.102. The lowest BCUT2D eigenvalue weighted by Gasteiger charge is -2.39. The fourth-order valence-corrected chi connectivity index (χ4v) is 2.78. The van der Waals surface area contributed by atoms with Gasteiger partial charge in [-0.2, -0.15) is 0 Å². The molecule has 0 unspecified atom stereocenters. The number of nitrogens with zero attached hydrogens (tertiary/aromatic N) is 1. The Hall–Kier alpha value is -1.75. The predicted molar refractivity (Wildman–Crippen MR) is 96.5 cm³/mol. The molecule has 1 heterocycles. The fourth-order valence-electron chi connectivity index (χ4n) is 2.78. The predicted octanol–water partition coefficient (Wildman–Crippen LogP) is 3.89. The molecule has 0 aromatic heterocycles. The average molecular weight is 334 g/mol. The van der Waals surface area contributed by atoms with Gasteiger partial charge in [-0.25, -0.2) is 4.79 Å². The van der Waals surface area contributed by atoms with Crippen LogP contribution in [-0.2, 0) is 9.47 Å². The smallest absolute Gasteiger partial charge is 0.408 e. The first kappa shape index (κ1) is 18.6. The van der Waals surface area contributed by atoms with Crippen molar-refractivity contribution >= 4 is 11.8 Å². The molecule has 1 aromatic rings. The summed E-state index contributed by atoms with van der Waals surface area (Å²) >= 11 is 0. The van der Waals surface area contributed by atoms with E-state index in [0.717, 1.165) is 25.3 Å². The quantitative estimate of drug-likeness (QED) is 0.911. The molecule has 1 aliphatic rings. The molecule has 0 radical (unpaired) electrons. The molecule has 0 spiro atoms. The second-order valence-corrected chi connectivity index (χ2v) is 7.99. The normalized spacial score (nSPS) is 18.8. The van der Waals surface area contributed by atoms with E-state index in [2.05, 4.69) is 48.3 Å². The van der Waals surface area contributed by atoms with E-state index in [1.807, 2.05) is 27.7 Å². The Labute approximate surface area is 145 Å². The van der Waals surface area contributed by atoms with Gasteiger partial charge in [0.05, 0.1) is 18.2 Å². The molecular formula is C19H30N2O3. The summed E-state index contributed by atoms with van der Waals surface area (Å²) in [5.74, 6) is 0. The largest absolute Gasteiger partial charge is 0.444 e. The lowest BCUT2D eigenvalue weighted by atomic mass is 10.0. The number of hydrogen-bond acceptors (Lipinski definition) is 4. The summed E-state index contributed by atoms with van der Waals surface area (Å²) in [4.78, 5) is 14.2. The van der Waals surface area contributed by atoms with Crippen LogP contribution in [0.1, 0.15) is 53.1 Å². The number of alkyl carbamates (subject to hydrolysis) is 1. The Morgan fingerprint density at radius 3 is 2.46 bits per heavy atom. The standard InChI is InChI=1S/C19H30N2O3/c1-14(20-17(22)24-18(2,3)4)15-7-9-16(10-8-15)21-11-12-23-19(5,6)13-21/h7-10,14H,11-13H2,1-6H3,(H,20,22)/t14-/m1/s1. The van der Waals surface area contributed by atoms with Gasteiger partial charge in [0, 0.05) is 18.8 Å². The van der Waals surface area contributed by atoms with E-state index < -0.39 is 11.7 Å². The molecule has 24 heavy (non-hydrogen) atoms. The Balaban J connectivity index is 1.97. The molecule has 0 saturated carbocycles. The van der Waals surface area contributed by atoms with Crippen LogP contribution in [0.15, 0.2) is 24.3 Å². The zero-order chi connectivity index (χ0) is 18.0. The second-order valence-electron chi connectivity index (χ2n) is 7.99.